The lowest BCUT2D eigenvalue weighted by molar-refractivity contribution is -0.121. The molecular weight excluding hydrogens is 256 g/mol. The predicted molar refractivity (Wildman–Crippen MR) is 75.2 cm³/mol. The second kappa shape index (κ2) is 7.17. The van der Waals surface area contributed by atoms with Crippen LogP contribution in [0.1, 0.15) is 23.2 Å². The number of benzene rings is 1. The lowest BCUT2D eigenvalue weighted by Crippen LogP contribution is -2.39. The zero-order valence-corrected chi connectivity index (χ0v) is 11.4. The number of nitrogens with zero attached hydrogens (tertiary/aromatic N) is 1. The molecule has 1 aromatic carbocycles. The minimum atomic E-state index is -0.360. The first-order chi connectivity index (χ1) is 9.69. The highest BCUT2D eigenvalue weighted by Gasteiger charge is 2.24. The van der Waals surface area contributed by atoms with Gasteiger partial charge in [0.1, 0.15) is 0 Å². The fourth-order valence-electron chi connectivity index (χ4n) is 2.51. The molecule has 0 bridgehead atoms. The van der Waals surface area contributed by atoms with Gasteiger partial charge in [-0.05, 0) is 37.4 Å². The van der Waals surface area contributed by atoms with E-state index in [-0.39, 0.29) is 25.0 Å². The van der Waals surface area contributed by atoms with Gasteiger partial charge in [-0.25, -0.2) is 0 Å². The highest BCUT2D eigenvalue weighted by molar-refractivity contribution is 6.05. The Hall–Kier alpha value is -1.72. The largest absolute Gasteiger partial charge is 0.396 e. The first-order valence-electron chi connectivity index (χ1n) is 6.91. The van der Waals surface area contributed by atoms with Gasteiger partial charge in [0.15, 0.2) is 0 Å². The second-order valence-electron chi connectivity index (χ2n) is 5.15. The van der Waals surface area contributed by atoms with Gasteiger partial charge in [-0.1, -0.05) is 18.2 Å². The molecule has 2 N–H and O–H groups in total. The fourth-order valence-corrected chi connectivity index (χ4v) is 2.51. The van der Waals surface area contributed by atoms with Crippen LogP contribution in [0.15, 0.2) is 30.3 Å². The van der Waals surface area contributed by atoms with Crippen LogP contribution < -0.4 is 5.32 Å². The van der Waals surface area contributed by atoms with Gasteiger partial charge in [-0.15, -0.1) is 0 Å². The van der Waals surface area contributed by atoms with Gasteiger partial charge in [0, 0.05) is 18.7 Å². The third-order valence-electron chi connectivity index (χ3n) is 3.56. The predicted octanol–water partition coefficient (Wildman–Crippen LogP) is 0.647. The number of aliphatic hydroxyl groups is 1. The first kappa shape index (κ1) is 14.7. The van der Waals surface area contributed by atoms with Crippen LogP contribution in [0.25, 0.3) is 0 Å². The standard InChI is InChI=1S/C15H20N2O3/c18-9-7-12-6-8-17(10-12)11-14(19)16-15(20)13-4-2-1-3-5-13/h1-5,12,18H,6-11H2,(H,16,19,20). The smallest absolute Gasteiger partial charge is 0.257 e. The first-order valence-corrected chi connectivity index (χ1v) is 6.91. The van der Waals surface area contributed by atoms with Crippen LogP contribution >= 0.6 is 0 Å². The highest BCUT2D eigenvalue weighted by Crippen LogP contribution is 2.18. The van der Waals surface area contributed by atoms with Gasteiger partial charge in [-0.2, -0.15) is 0 Å². The van der Waals surface area contributed by atoms with Crippen molar-refractivity contribution in [1.82, 2.24) is 10.2 Å². The molecule has 1 unspecified atom stereocenters. The number of hydrogen-bond donors (Lipinski definition) is 2. The van der Waals surface area contributed by atoms with E-state index < -0.39 is 0 Å². The monoisotopic (exact) mass is 276 g/mol. The number of rotatable bonds is 5. The Balaban J connectivity index is 1.77. The van der Waals surface area contributed by atoms with Crippen molar-refractivity contribution >= 4 is 11.8 Å². The Labute approximate surface area is 118 Å². The van der Waals surface area contributed by atoms with Crippen molar-refractivity contribution in [2.24, 2.45) is 5.92 Å². The highest BCUT2D eigenvalue weighted by atomic mass is 16.3. The summed E-state index contributed by atoms with van der Waals surface area (Å²) in [5, 5.41) is 11.3. The molecule has 5 heteroatoms. The average Bonchev–Trinajstić information content (AvgIpc) is 2.87. The Bertz CT molecular complexity index is 461. The summed E-state index contributed by atoms with van der Waals surface area (Å²) >= 11 is 0. The van der Waals surface area contributed by atoms with Crippen LogP contribution in [-0.2, 0) is 4.79 Å². The van der Waals surface area contributed by atoms with E-state index in [2.05, 4.69) is 5.32 Å². The lowest BCUT2D eigenvalue weighted by Gasteiger charge is -2.15. The van der Waals surface area contributed by atoms with E-state index in [9.17, 15) is 9.59 Å². The topological polar surface area (TPSA) is 69.6 Å². The van der Waals surface area contributed by atoms with E-state index in [0.717, 1.165) is 25.9 Å². The Morgan fingerprint density at radius 1 is 1.30 bits per heavy atom. The Kier molecular flexibility index (Phi) is 5.26. The second-order valence-corrected chi connectivity index (χ2v) is 5.15. The van der Waals surface area contributed by atoms with E-state index in [1.807, 2.05) is 11.0 Å². The number of carbonyl (C=O) groups excluding carboxylic acids is 2. The van der Waals surface area contributed by atoms with Gasteiger partial charge in [0.05, 0.1) is 6.54 Å². The van der Waals surface area contributed by atoms with E-state index in [1.54, 1.807) is 24.3 Å². The molecule has 0 saturated carbocycles. The molecular formula is C15H20N2O3. The van der Waals surface area contributed by atoms with Crippen LogP contribution in [0.2, 0.25) is 0 Å². The van der Waals surface area contributed by atoms with E-state index in [1.165, 1.54) is 0 Å². The number of imide groups is 1. The number of hydrogen-bond acceptors (Lipinski definition) is 4. The molecule has 1 aliphatic rings. The van der Waals surface area contributed by atoms with Gasteiger partial charge in [0.25, 0.3) is 5.91 Å². The number of carbonyl (C=O) groups is 2. The normalized spacial score (nSPS) is 18.9. The molecule has 108 valence electrons. The molecule has 1 fully saturated rings. The van der Waals surface area contributed by atoms with Crippen LogP contribution in [-0.4, -0.2) is 48.1 Å². The fraction of sp³-hybridized carbons (Fsp3) is 0.467. The Morgan fingerprint density at radius 2 is 2.05 bits per heavy atom. The summed E-state index contributed by atoms with van der Waals surface area (Å²) in [7, 11) is 0. The summed E-state index contributed by atoms with van der Waals surface area (Å²) in [6.07, 6.45) is 1.78. The van der Waals surface area contributed by atoms with Crippen molar-refractivity contribution in [2.75, 3.05) is 26.2 Å². The molecule has 1 heterocycles. The zero-order valence-electron chi connectivity index (χ0n) is 11.4. The summed E-state index contributed by atoms with van der Waals surface area (Å²) in [5.41, 5.74) is 0.487. The molecule has 1 atom stereocenters. The quantitative estimate of drug-likeness (QED) is 0.828. The van der Waals surface area contributed by atoms with Gasteiger partial charge >= 0.3 is 0 Å². The van der Waals surface area contributed by atoms with Gasteiger partial charge in [-0.3, -0.25) is 19.8 Å². The zero-order chi connectivity index (χ0) is 14.4. The van der Waals surface area contributed by atoms with Crippen molar-refractivity contribution in [3.05, 3.63) is 35.9 Å². The summed E-state index contributed by atoms with van der Waals surface area (Å²) in [6, 6.07) is 8.70. The van der Waals surface area contributed by atoms with Crippen LogP contribution in [0, 0.1) is 5.92 Å². The minimum Gasteiger partial charge on any atom is -0.396 e. The Morgan fingerprint density at radius 3 is 2.75 bits per heavy atom. The molecule has 0 aromatic heterocycles. The third kappa shape index (κ3) is 4.15. The summed E-state index contributed by atoms with van der Waals surface area (Å²) in [4.78, 5) is 25.7. The molecule has 2 amide bonds. The molecule has 1 saturated heterocycles. The molecule has 20 heavy (non-hydrogen) atoms. The van der Waals surface area contributed by atoms with E-state index >= 15 is 0 Å². The van der Waals surface area contributed by atoms with Crippen LogP contribution in [0.4, 0.5) is 0 Å². The maximum absolute atomic E-state index is 11.8. The SMILES string of the molecule is O=C(CN1CCC(CCO)C1)NC(=O)c1ccccc1. The molecule has 5 nitrogen and oxygen atoms in total. The summed E-state index contributed by atoms with van der Waals surface area (Å²) in [6.45, 7) is 2.09. The molecule has 0 spiro atoms. The molecule has 0 radical (unpaired) electrons. The number of aliphatic hydroxyl groups excluding tert-OH is 1. The summed E-state index contributed by atoms with van der Waals surface area (Å²) in [5.74, 6) is -0.178. The van der Waals surface area contributed by atoms with Crippen molar-refractivity contribution in [3.63, 3.8) is 0 Å². The van der Waals surface area contributed by atoms with Crippen molar-refractivity contribution < 1.29 is 14.7 Å². The van der Waals surface area contributed by atoms with Gasteiger partial charge < -0.3 is 5.11 Å². The third-order valence-corrected chi connectivity index (χ3v) is 3.56. The lowest BCUT2D eigenvalue weighted by atomic mass is 10.1. The summed E-state index contributed by atoms with van der Waals surface area (Å²) < 4.78 is 0. The van der Waals surface area contributed by atoms with Gasteiger partial charge in [0.2, 0.25) is 5.91 Å². The van der Waals surface area contributed by atoms with Crippen molar-refractivity contribution in [2.45, 2.75) is 12.8 Å². The number of nitrogens with one attached hydrogen (secondary N) is 1. The molecule has 2 rings (SSSR count). The van der Waals surface area contributed by atoms with E-state index in [4.69, 9.17) is 5.11 Å². The maximum Gasteiger partial charge on any atom is 0.257 e. The number of amides is 2. The molecule has 1 aromatic rings. The van der Waals surface area contributed by atoms with E-state index in [0.29, 0.717) is 11.5 Å². The van der Waals surface area contributed by atoms with Crippen LogP contribution in [0.5, 0.6) is 0 Å². The van der Waals surface area contributed by atoms with Crippen LogP contribution in [0.3, 0.4) is 0 Å². The number of likely N-dealkylation sites (tertiary alicyclic amines) is 1. The minimum absolute atomic E-state index is 0.192. The molecule has 0 aliphatic carbocycles. The molecule has 1 aliphatic heterocycles. The maximum atomic E-state index is 11.8. The van der Waals surface area contributed by atoms with Crippen molar-refractivity contribution in [3.8, 4) is 0 Å². The average molecular weight is 276 g/mol. The van der Waals surface area contributed by atoms with Crippen molar-refractivity contribution in [1.29, 1.82) is 0 Å².